The molecule has 1 heterocycles. The minimum Gasteiger partial charge on any atom is -0.311 e. The second-order valence-electron chi connectivity index (χ2n) is 5.41. The van der Waals surface area contributed by atoms with Crippen molar-refractivity contribution in [3.05, 3.63) is 29.6 Å². The molecule has 0 amide bonds. The maximum atomic E-state index is 4.75. The highest BCUT2D eigenvalue weighted by Crippen LogP contribution is 2.12. The summed E-state index contributed by atoms with van der Waals surface area (Å²) >= 11 is 0. The molecule has 3 nitrogen and oxygen atoms in total. The molecule has 114 valence electrons. The van der Waals surface area contributed by atoms with Gasteiger partial charge in [0.1, 0.15) is 0 Å². The van der Waals surface area contributed by atoms with Crippen LogP contribution in [0.25, 0.3) is 0 Å². The van der Waals surface area contributed by atoms with Crippen molar-refractivity contribution < 1.29 is 0 Å². The van der Waals surface area contributed by atoms with Crippen LogP contribution in [0.5, 0.6) is 0 Å². The second-order valence-corrected chi connectivity index (χ2v) is 5.41. The van der Waals surface area contributed by atoms with Crippen LogP contribution in [-0.4, -0.2) is 29.5 Å². The Bertz CT molecular complexity index is 361. The molecule has 0 unspecified atom stereocenters. The monoisotopic (exact) mass is 277 g/mol. The van der Waals surface area contributed by atoms with Crippen LogP contribution in [0.1, 0.15) is 51.9 Å². The molecular formula is C17H31N3. The molecule has 0 aliphatic rings. The number of hydrogen-bond acceptors (Lipinski definition) is 3. The van der Waals surface area contributed by atoms with Crippen molar-refractivity contribution in [2.45, 2.75) is 53.6 Å². The molecule has 0 aliphatic heterocycles. The number of nitrogens with zero attached hydrogens (tertiary/aromatic N) is 2. The lowest BCUT2D eigenvalue weighted by molar-refractivity contribution is 0.224. The van der Waals surface area contributed by atoms with E-state index in [9.17, 15) is 0 Å². The van der Waals surface area contributed by atoms with Crippen LogP contribution in [0.3, 0.4) is 0 Å². The molecule has 0 saturated carbocycles. The van der Waals surface area contributed by atoms with Gasteiger partial charge in [0.05, 0.1) is 11.4 Å². The van der Waals surface area contributed by atoms with Crippen molar-refractivity contribution in [1.29, 1.82) is 0 Å². The van der Waals surface area contributed by atoms with Gasteiger partial charge >= 0.3 is 0 Å². The van der Waals surface area contributed by atoms with E-state index in [0.717, 1.165) is 37.8 Å². The molecule has 0 radical (unpaired) electrons. The molecule has 1 aromatic heterocycles. The molecule has 0 atom stereocenters. The zero-order valence-corrected chi connectivity index (χ0v) is 13.7. The first-order valence-electron chi connectivity index (χ1n) is 8.11. The van der Waals surface area contributed by atoms with E-state index in [1.807, 2.05) is 0 Å². The third-order valence-electron chi connectivity index (χ3n) is 3.92. The van der Waals surface area contributed by atoms with Crippen molar-refractivity contribution in [2.75, 3.05) is 19.6 Å². The summed E-state index contributed by atoms with van der Waals surface area (Å²) in [7, 11) is 0. The Labute approximate surface area is 124 Å². The summed E-state index contributed by atoms with van der Waals surface area (Å²) in [6, 6.07) is 6.37. The smallest absolute Gasteiger partial charge is 0.0547 e. The van der Waals surface area contributed by atoms with Gasteiger partial charge in [0.15, 0.2) is 0 Å². The van der Waals surface area contributed by atoms with Gasteiger partial charge in [-0.15, -0.1) is 0 Å². The minimum atomic E-state index is 0.805. The van der Waals surface area contributed by atoms with Crippen LogP contribution in [0.15, 0.2) is 18.2 Å². The van der Waals surface area contributed by atoms with Gasteiger partial charge in [0, 0.05) is 19.6 Å². The van der Waals surface area contributed by atoms with Gasteiger partial charge in [-0.2, -0.15) is 0 Å². The molecule has 0 aromatic carbocycles. The summed E-state index contributed by atoms with van der Waals surface area (Å²) in [5.74, 6) is 0.805. The fraction of sp³-hybridized carbons (Fsp3) is 0.706. The van der Waals surface area contributed by atoms with E-state index in [2.05, 4.69) is 56.1 Å². The highest BCUT2D eigenvalue weighted by atomic mass is 15.1. The molecule has 3 heteroatoms. The lowest BCUT2D eigenvalue weighted by Crippen LogP contribution is -2.29. The minimum absolute atomic E-state index is 0.805. The van der Waals surface area contributed by atoms with Crippen LogP contribution in [0, 0.1) is 5.92 Å². The maximum absolute atomic E-state index is 4.75. The van der Waals surface area contributed by atoms with E-state index in [0.29, 0.717) is 0 Å². The zero-order chi connectivity index (χ0) is 14.8. The first-order valence-corrected chi connectivity index (χ1v) is 8.11. The number of hydrogen-bond donors (Lipinski definition) is 1. The first kappa shape index (κ1) is 17.1. The van der Waals surface area contributed by atoms with Gasteiger partial charge in [-0.25, -0.2) is 0 Å². The normalized spacial score (nSPS) is 11.5. The summed E-state index contributed by atoms with van der Waals surface area (Å²) < 4.78 is 0. The van der Waals surface area contributed by atoms with Crippen molar-refractivity contribution in [3.63, 3.8) is 0 Å². The first-order chi connectivity index (χ1) is 9.73. The molecule has 0 fully saturated rings. The largest absolute Gasteiger partial charge is 0.311 e. The van der Waals surface area contributed by atoms with Crippen LogP contribution in [0.2, 0.25) is 0 Å². The Hall–Kier alpha value is -0.930. The summed E-state index contributed by atoms with van der Waals surface area (Å²) in [6.07, 6.45) is 2.53. The van der Waals surface area contributed by atoms with Crippen LogP contribution in [-0.2, 0) is 13.1 Å². The maximum Gasteiger partial charge on any atom is 0.0547 e. The summed E-state index contributed by atoms with van der Waals surface area (Å²) in [4.78, 5) is 7.26. The van der Waals surface area contributed by atoms with Crippen LogP contribution < -0.4 is 5.32 Å². The predicted octanol–water partition coefficient (Wildman–Crippen LogP) is 3.45. The second kappa shape index (κ2) is 9.89. The highest BCUT2D eigenvalue weighted by molar-refractivity contribution is 5.11. The lowest BCUT2D eigenvalue weighted by atomic mass is 10.0. The fourth-order valence-corrected chi connectivity index (χ4v) is 2.42. The zero-order valence-electron chi connectivity index (χ0n) is 13.7. The van der Waals surface area contributed by atoms with Crippen molar-refractivity contribution >= 4 is 0 Å². The predicted molar refractivity (Wildman–Crippen MR) is 86.6 cm³/mol. The lowest BCUT2D eigenvalue weighted by Gasteiger charge is -2.25. The standard InChI is InChI=1S/C17H31N3/c1-5-15(6-2)13-20(8-4)14-17-11-9-10-16(19-17)12-18-7-3/h9-11,15,18H,5-8,12-14H2,1-4H3. The van der Waals surface area contributed by atoms with Crippen LogP contribution >= 0.6 is 0 Å². The topological polar surface area (TPSA) is 28.2 Å². The molecule has 0 aliphatic carbocycles. The Morgan fingerprint density at radius 3 is 2.40 bits per heavy atom. The number of pyridine rings is 1. The van der Waals surface area contributed by atoms with Gasteiger partial charge in [-0.1, -0.05) is 46.6 Å². The molecular weight excluding hydrogens is 246 g/mol. The average Bonchev–Trinajstić information content (AvgIpc) is 2.49. The molecule has 0 saturated heterocycles. The quantitative estimate of drug-likeness (QED) is 0.710. The van der Waals surface area contributed by atoms with E-state index in [-0.39, 0.29) is 0 Å². The highest BCUT2D eigenvalue weighted by Gasteiger charge is 2.11. The van der Waals surface area contributed by atoms with Crippen molar-refractivity contribution in [1.82, 2.24) is 15.2 Å². The molecule has 1 rings (SSSR count). The number of rotatable bonds is 10. The van der Waals surface area contributed by atoms with Gasteiger partial charge in [0.25, 0.3) is 0 Å². The van der Waals surface area contributed by atoms with Crippen molar-refractivity contribution in [3.8, 4) is 0 Å². The molecule has 0 bridgehead atoms. The molecule has 0 spiro atoms. The van der Waals surface area contributed by atoms with Gasteiger partial charge in [-0.3, -0.25) is 9.88 Å². The summed E-state index contributed by atoms with van der Waals surface area (Å²) in [5, 5.41) is 3.33. The third-order valence-corrected chi connectivity index (χ3v) is 3.92. The Morgan fingerprint density at radius 1 is 1.10 bits per heavy atom. The Kier molecular flexibility index (Phi) is 8.47. The van der Waals surface area contributed by atoms with E-state index < -0.39 is 0 Å². The van der Waals surface area contributed by atoms with E-state index in [4.69, 9.17) is 4.98 Å². The summed E-state index contributed by atoms with van der Waals surface area (Å²) in [5.41, 5.74) is 2.33. The van der Waals surface area contributed by atoms with Crippen molar-refractivity contribution in [2.24, 2.45) is 5.92 Å². The molecule has 20 heavy (non-hydrogen) atoms. The van der Waals surface area contributed by atoms with E-state index >= 15 is 0 Å². The third kappa shape index (κ3) is 6.02. The number of nitrogens with one attached hydrogen (secondary N) is 1. The average molecular weight is 277 g/mol. The Morgan fingerprint density at radius 2 is 1.80 bits per heavy atom. The summed E-state index contributed by atoms with van der Waals surface area (Å²) in [6.45, 7) is 14.0. The van der Waals surface area contributed by atoms with Crippen LogP contribution in [0.4, 0.5) is 0 Å². The van der Waals surface area contributed by atoms with Gasteiger partial charge < -0.3 is 5.32 Å². The SMILES string of the molecule is CCNCc1cccc(CN(CC)CC(CC)CC)n1. The van der Waals surface area contributed by atoms with E-state index in [1.54, 1.807) is 0 Å². The van der Waals surface area contributed by atoms with Gasteiger partial charge in [-0.05, 0) is 31.1 Å². The Balaban J connectivity index is 2.60. The van der Waals surface area contributed by atoms with E-state index in [1.165, 1.54) is 25.1 Å². The van der Waals surface area contributed by atoms with Gasteiger partial charge in [0.2, 0.25) is 0 Å². The molecule has 1 N–H and O–H groups in total. The molecule has 1 aromatic rings. The number of aromatic nitrogens is 1. The fourth-order valence-electron chi connectivity index (χ4n) is 2.42.